The van der Waals surface area contributed by atoms with E-state index in [2.05, 4.69) is 26.0 Å². The molecule has 0 aliphatic heterocycles. The summed E-state index contributed by atoms with van der Waals surface area (Å²) in [6, 6.07) is 0. The first-order chi connectivity index (χ1) is 27.7. The maximum absolute atomic E-state index is 12.6. The van der Waals surface area contributed by atoms with Gasteiger partial charge in [0, 0.05) is 12.8 Å². The summed E-state index contributed by atoms with van der Waals surface area (Å²) in [5.41, 5.74) is 0. The number of allylic oxidation sites excluding steroid dienone is 2. The number of unbranched alkanes of at least 4 members (excludes halogenated alkanes) is 29. The second kappa shape index (κ2) is 42.8. The number of hydrogen-bond acceptors (Lipinski definition) is 9. The Morgan fingerprint density at radius 2 is 0.860 bits per heavy atom. The quantitative estimate of drug-likeness (QED) is 0.0234. The van der Waals surface area contributed by atoms with Gasteiger partial charge in [0.25, 0.3) is 0 Å². The van der Waals surface area contributed by atoms with Crippen LogP contribution < -0.4 is 0 Å². The molecule has 0 aromatic rings. The average molecular weight is 833 g/mol. The van der Waals surface area contributed by atoms with Gasteiger partial charge >= 0.3 is 19.8 Å². The van der Waals surface area contributed by atoms with Crippen LogP contribution in [0, 0.1) is 0 Å². The maximum atomic E-state index is 12.6. The van der Waals surface area contributed by atoms with Crippen LogP contribution in [0.15, 0.2) is 12.2 Å². The Morgan fingerprint density at radius 3 is 1.26 bits per heavy atom. The number of aliphatic hydroxyl groups excluding tert-OH is 2. The molecule has 0 saturated carbocycles. The summed E-state index contributed by atoms with van der Waals surface area (Å²) < 4.78 is 32.7. The molecule has 3 N–H and O–H groups in total. The number of aliphatic hydroxyl groups is 2. The Hall–Kier alpha value is -1.29. The van der Waals surface area contributed by atoms with Gasteiger partial charge in [0.1, 0.15) is 12.7 Å². The molecule has 338 valence electrons. The average Bonchev–Trinajstić information content (AvgIpc) is 3.20. The Kier molecular flexibility index (Phi) is 41.9. The van der Waals surface area contributed by atoms with E-state index < -0.39 is 51.8 Å². The Bertz CT molecular complexity index is 961. The van der Waals surface area contributed by atoms with Crippen molar-refractivity contribution in [3.05, 3.63) is 12.2 Å². The zero-order chi connectivity index (χ0) is 41.9. The van der Waals surface area contributed by atoms with Gasteiger partial charge in [0.05, 0.1) is 19.8 Å². The minimum atomic E-state index is -4.61. The van der Waals surface area contributed by atoms with Gasteiger partial charge in [-0.1, -0.05) is 193 Å². The van der Waals surface area contributed by atoms with Crippen molar-refractivity contribution < 1.29 is 47.8 Å². The molecule has 0 fully saturated rings. The number of rotatable bonds is 45. The van der Waals surface area contributed by atoms with Crippen molar-refractivity contribution in [1.82, 2.24) is 0 Å². The predicted molar refractivity (Wildman–Crippen MR) is 233 cm³/mol. The summed E-state index contributed by atoms with van der Waals surface area (Å²) in [4.78, 5) is 35.0. The van der Waals surface area contributed by atoms with Crippen LogP contribution >= 0.6 is 7.82 Å². The fourth-order valence-electron chi connectivity index (χ4n) is 6.75. The minimum Gasteiger partial charge on any atom is -0.462 e. The van der Waals surface area contributed by atoms with Crippen molar-refractivity contribution in [2.45, 2.75) is 244 Å². The van der Waals surface area contributed by atoms with Crippen LogP contribution in [-0.2, 0) is 32.7 Å². The molecule has 0 heterocycles. The Labute approximate surface area is 349 Å². The zero-order valence-electron chi connectivity index (χ0n) is 36.8. The lowest BCUT2D eigenvalue weighted by molar-refractivity contribution is -0.161. The molecule has 10 nitrogen and oxygen atoms in total. The van der Waals surface area contributed by atoms with Gasteiger partial charge in [0.15, 0.2) is 6.10 Å². The maximum Gasteiger partial charge on any atom is 0.472 e. The van der Waals surface area contributed by atoms with Gasteiger partial charge in [-0.15, -0.1) is 0 Å². The molecule has 3 unspecified atom stereocenters. The summed E-state index contributed by atoms with van der Waals surface area (Å²) in [6.45, 7) is 2.40. The molecule has 0 amide bonds. The largest absolute Gasteiger partial charge is 0.472 e. The van der Waals surface area contributed by atoms with Gasteiger partial charge in [0.2, 0.25) is 0 Å². The highest BCUT2D eigenvalue weighted by Crippen LogP contribution is 2.43. The monoisotopic (exact) mass is 833 g/mol. The second-order valence-corrected chi connectivity index (χ2v) is 17.6. The molecule has 57 heavy (non-hydrogen) atoms. The third kappa shape index (κ3) is 42.6. The molecule has 0 aliphatic carbocycles. The molecular formula is C46H89O10P. The highest BCUT2D eigenvalue weighted by atomic mass is 31.2. The van der Waals surface area contributed by atoms with Crippen LogP contribution in [0.1, 0.15) is 232 Å². The number of hydrogen-bond donors (Lipinski definition) is 3. The summed E-state index contributed by atoms with van der Waals surface area (Å²) in [5, 5.41) is 18.3. The third-order valence-corrected chi connectivity index (χ3v) is 11.4. The van der Waals surface area contributed by atoms with Crippen molar-refractivity contribution in [2.24, 2.45) is 0 Å². The van der Waals surface area contributed by atoms with Gasteiger partial charge < -0.3 is 24.6 Å². The number of phosphoric acid groups is 1. The highest BCUT2D eigenvalue weighted by molar-refractivity contribution is 7.47. The molecule has 3 atom stereocenters. The van der Waals surface area contributed by atoms with E-state index in [4.69, 9.17) is 23.6 Å². The molecule has 11 heteroatoms. The summed E-state index contributed by atoms with van der Waals surface area (Å²) >= 11 is 0. The lowest BCUT2D eigenvalue weighted by Gasteiger charge is -2.20. The first-order valence-corrected chi connectivity index (χ1v) is 25.1. The molecule has 0 aromatic heterocycles. The normalized spacial score (nSPS) is 13.8. The SMILES string of the molecule is CCCCCCCCCC/C=C\CCCCCCCCCCCCCC(=O)OC(COC(=O)CCCCCCCCCCCCC)COP(=O)(O)OCC(O)CO. The number of carbonyl (C=O) groups is 2. The minimum absolute atomic E-state index is 0.188. The Balaban J connectivity index is 4.13. The lowest BCUT2D eigenvalue weighted by Crippen LogP contribution is -2.29. The van der Waals surface area contributed by atoms with Gasteiger partial charge in [-0.25, -0.2) is 4.57 Å². The van der Waals surface area contributed by atoms with Crippen LogP contribution in [0.3, 0.4) is 0 Å². The van der Waals surface area contributed by atoms with Crippen molar-refractivity contribution >= 4 is 19.8 Å². The lowest BCUT2D eigenvalue weighted by atomic mass is 10.0. The van der Waals surface area contributed by atoms with E-state index in [0.717, 1.165) is 38.5 Å². The van der Waals surface area contributed by atoms with Gasteiger partial charge in [-0.05, 0) is 38.5 Å². The zero-order valence-corrected chi connectivity index (χ0v) is 37.7. The van der Waals surface area contributed by atoms with Crippen molar-refractivity contribution in [1.29, 1.82) is 0 Å². The smallest absolute Gasteiger partial charge is 0.462 e. The molecule has 0 radical (unpaired) electrons. The van der Waals surface area contributed by atoms with Crippen LogP contribution in [0.25, 0.3) is 0 Å². The van der Waals surface area contributed by atoms with E-state index in [0.29, 0.717) is 12.8 Å². The van der Waals surface area contributed by atoms with Crippen LogP contribution in [0.2, 0.25) is 0 Å². The van der Waals surface area contributed by atoms with Gasteiger partial charge in [-0.2, -0.15) is 0 Å². The van der Waals surface area contributed by atoms with Crippen molar-refractivity contribution in [2.75, 3.05) is 26.4 Å². The van der Waals surface area contributed by atoms with Crippen LogP contribution in [-0.4, -0.2) is 65.7 Å². The van der Waals surface area contributed by atoms with E-state index in [1.54, 1.807) is 0 Å². The first-order valence-electron chi connectivity index (χ1n) is 23.6. The van der Waals surface area contributed by atoms with E-state index in [-0.39, 0.29) is 19.4 Å². The molecule has 0 rings (SSSR count). The number of esters is 2. The van der Waals surface area contributed by atoms with E-state index in [9.17, 15) is 24.2 Å². The van der Waals surface area contributed by atoms with Crippen LogP contribution in [0.4, 0.5) is 0 Å². The van der Waals surface area contributed by atoms with E-state index >= 15 is 0 Å². The third-order valence-electron chi connectivity index (χ3n) is 10.4. The number of carbonyl (C=O) groups excluding carboxylic acids is 2. The van der Waals surface area contributed by atoms with Crippen molar-refractivity contribution in [3.63, 3.8) is 0 Å². The van der Waals surface area contributed by atoms with E-state index in [1.807, 2.05) is 0 Å². The first kappa shape index (κ1) is 55.7. The molecule has 0 spiro atoms. The van der Waals surface area contributed by atoms with Gasteiger partial charge in [-0.3, -0.25) is 18.6 Å². The van der Waals surface area contributed by atoms with Crippen LogP contribution in [0.5, 0.6) is 0 Å². The van der Waals surface area contributed by atoms with Crippen molar-refractivity contribution in [3.8, 4) is 0 Å². The summed E-state index contributed by atoms with van der Waals surface area (Å²) in [5.74, 6) is -0.915. The molecular weight excluding hydrogens is 743 g/mol. The second-order valence-electron chi connectivity index (χ2n) is 16.1. The topological polar surface area (TPSA) is 149 Å². The fourth-order valence-corrected chi connectivity index (χ4v) is 7.54. The van der Waals surface area contributed by atoms with E-state index in [1.165, 1.54) is 154 Å². The Morgan fingerprint density at radius 1 is 0.509 bits per heavy atom. The molecule has 0 bridgehead atoms. The standard InChI is InChI=1S/C46H89O10P/c1-3-5-7-9-11-13-15-16-17-18-19-20-21-22-23-24-25-26-28-30-32-34-36-38-46(50)56-44(42-55-57(51,52)54-40-43(48)39-47)41-53-45(49)37-35-33-31-29-27-14-12-10-8-6-4-2/h18-19,43-44,47-48H,3-17,20-42H2,1-2H3,(H,51,52)/b19-18-. The highest BCUT2D eigenvalue weighted by Gasteiger charge is 2.27. The molecule has 0 aliphatic rings. The number of phosphoric ester groups is 1. The predicted octanol–water partition coefficient (Wildman–Crippen LogP) is 12.8. The fraction of sp³-hybridized carbons (Fsp3) is 0.913. The summed E-state index contributed by atoms with van der Waals surface area (Å²) in [6.07, 6.45) is 41.9. The molecule has 0 saturated heterocycles. The molecule has 0 aromatic carbocycles. The number of ether oxygens (including phenoxy) is 2. The summed E-state index contributed by atoms with van der Waals surface area (Å²) in [7, 11) is -4.61.